The van der Waals surface area contributed by atoms with Gasteiger partial charge in [0.2, 0.25) is 0 Å². The number of hydrogen-bond donors (Lipinski definition) is 0. The molecule has 34 heavy (non-hydrogen) atoms. The summed E-state index contributed by atoms with van der Waals surface area (Å²) >= 11 is 0. The first-order valence-electron chi connectivity index (χ1n) is 11.9. The van der Waals surface area contributed by atoms with Gasteiger partial charge in [-0.15, -0.1) is 0 Å². The molecule has 1 aliphatic carbocycles. The van der Waals surface area contributed by atoms with Crippen molar-refractivity contribution in [1.82, 2.24) is 24.5 Å². The SMILES string of the molecule is Cc1ncccc1-c1cnc2c(c1)C(c1ccn3ncc(C(=O)C4CCN(C)CC4)c3c1)=CC2. The molecule has 1 saturated heterocycles. The monoisotopic (exact) mass is 449 g/mol. The van der Waals surface area contributed by atoms with Gasteiger partial charge in [-0.3, -0.25) is 14.8 Å². The largest absolute Gasteiger partial charge is 0.306 e. The molecule has 0 atom stereocenters. The Bertz CT molecular complexity index is 1440. The fourth-order valence-corrected chi connectivity index (χ4v) is 5.24. The Kier molecular flexibility index (Phi) is 5.11. The molecular weight excluding hydrogens is 422 g/mol. The van der Waals surface area contributed by atoms with Gasteiger partial charge < -0.3 is 4.90 Å². The highest BCUT2D eigenvalue weighted by molar-refractivity contribution is 6.04. The highest BCUT2D eigenvalue weighted by Crippen LogP contribution is 2.35. The third-order valence-electron chi connectivity index (χ3n) is 7.27. The zero-order valence-corrected chi connectivity index (χ0v) is 19.5. The molecule has 0 saturated carbocycles. The maximum absolute atomic E-state index is 13.3. The number of likely N-dealkylation sites (tertiary alicyclic amines) is 1. The first kappa shape index (κ1) is 20.9. The highest BCUT2D eigenvalue weighted by atomic mass is 16.1. The van der Waals surface area contributed by atoms with Crippen LogP contribution >= 0.6 is 0 Å². The molecular formula is C28H27N5O. The molecule has 1 fully saturated rings. The Morgan fingerprint density at radius 1 is 1.03 bits per heavy atom. The van der Waals surface area contributed by atoms with E-state index in [9.17, 15) is 4.79 Å². The molecule has 2 aliphatic rings. The lowest BCUT2D eigenvalue weighted by Gasteiger charge is -2.27. The molecule has 4 aromatic heterocycles. The van der Waals surface area contributed by atoms with Crippen LogP contribution in [0, 0.1) is 12.8 Å². The molecule has 0 N–H and O–H groups in total. The summed E-state index contributed by atoms with van der Waals surface area (Å²) in [6.07, 6.45) is 12.3. The van der Waals surface area contributed by atoms with Crippen LogP contribution in [0.15, 0.2) is 61.2 Å². The van der Waals surface area contributed by atoms with Gasteiger partial charge >= 0.3 is 0 Å². The number of nitrogens with zero attached hydrogens (tertiary/aromatic N) is 5. The van der Waals surface area contributed by atoms with Gasteiger partial charge in [0.05, 0.1) is 23.0 Å². The number of pyridine rings is 3. The Morgan fingerprint density at radius 2 is 1.88 bits per heavy atom. The summed E-state index contributed by atoms with van der Waals surface area (Å²) in [6.45, 7) is 3.96. The fourth-order valence-electron chi connectivity index (χ4n) is 5.24. The zero-order chi connectivity index (χ0) is 23.2. The number of carbonyl (C=O) groups excluding carboxylic acids is 1. The molecule has 0 unspecified atom stereocenters. The van der Waals surface area contributed by atoms with Crippen molar-refractivity contribution >= 4 is 16.9 Å². The number of hydrogen-bond acceptors (Lipinski definition) is 5. The minimum absolute atomic E-state index is 0.0776. The van der Waals surface area contributed by atoms with Crippen molar-refractivity contribution in [2.24, 2.45) is 5.92 Å². The second kappa shape index (κ2) is 8.29. The predicted octanol–water partition coefficient (Wildman–Crippen LogP) is 4.61. The van der Waals surface area contributed by atoms with Crippen molar-refractivity contribution in [3.8, 4) is 11.1 Å². The number of Topliss-reactive ketones (excluding diaryl/α,β-unsaturated/α-hetero) is 1. The standard InChI is InChI=1S/C28H27N5O/c1-18-22(4-3-10-29-18)21-14-24-23(5-6-26(24)30-16-21)20-9-13-33-27(15-20)25(17-31-33)28(34)19-7-11-32(2)12-8-19/h3-5,9-10,13-17,19H,6-8,11-12H2,1-2H3. The number of rotatable bonds is 4. The summed E-state index contributed by atoms with van der Waals surface area (Å²) in [5, 5.41) is 4.47. The van der Waals surface area contributed by atoms with Gasteiger partial charge in [-0.2, -0.15) is 5.10 Å². The maximum atomic E-state index is 13.3. The van der Waals surface area contributed by atoms with E-state index in [1.165, 1.54) is 0 Å². The van der Waals surface area contributed by atoms with E-state index in [2.05, 4.69) is 52.4 Å². The number of ketones is 1. The zero-order valence-electron chi connectivity index (χ0n) is 19.5. The van der Waals surface area contributed by atoms with Gasteiger partial charge in [0, 0.05) is 53.3 Å². The molecule has 5 heterocycles. The van der Waals surface area contributed by atoms with Crippen molar-refractivity contribution in [3.63, 3.8) is 0 Å². The number of allylic oxidation sites excluding steroid dienone is 1. The molecule has 0 radical (unpaired) electrons. The smallest absolute Gasteiger partial charge is 0.169 e. The van der Waals surface area contributed by atoms with Gasteiger partial charge in [-0.05, 0) is 75.3 Å². The molecule has 0 amide bonds. The minimum Gasteiger partial charge on any atom is -0.306 e. The second-order valence-corrected chi connectivity index (χ2v) is 9.42. The molecule has 6 heteroatoms. The third-order valence-corrected chi connectivity index (χ3v) is 7.27. The van der Waals surface area contributed by atoms with Crippen LogP contribution in [0.2, 0.25) is 0 Å². The predicted molar refractivity (Wildman–Crippen MR) is 133 cm³/mol. The molecule has 0 spiro atoms. The van der Waals surface area contributed by atoms with Gasteiger partial charge in [-0.1, -0.05) is 12.1 Å². The molecule has 170 valence electrons. The van der Waals surface area contributed by atoms with Crippen LogP contribution in [0.5, 0.6) is 0 Å². The fraction of sp³-hybridized carbons (Fsp3) is 0.286. The molecule has 0 aromatic carbocycles. The lowest BCUT2D eigenvalue weighted by atomic mass is 9.89. The van der Waals surface area contributed by atoms with Crippen molar-refractivity contribution in [1.29, 1.82) is 0 Å². The van der Waals surface area contributed by atoms with Crippen LogP contribution in [-0.4, -0.2) is 50.4 Å². The number of carbonyl (C=O) groups is 1. The summed E-state index contributed by atoms with van der Waals surface area (Å²) in [7, 11) is 2.12. The lowest BCUT2D eigenvalue weighted by Crippen LogP contribution is -2.33. The molecule has 1 aliphatic heterocycles. The van der Waals surface area contributed by atoms with Gasteiger partial charge in [-0.25, -0.2) is 4.52 Å². The van der Waals surface area contributed by atoms with Crippen LogP contribution in [0.25, 0.3) is 22.2 Å². The highest BCUT2D eigenvalue weighted by Gasteiger charge is 2.27. The lowest BCUT2D eigenvalue weighted by molar-refractivity contribution is 0.0858. The Balaban J connectivity index is 1.36. The first-order valence-corrected chi connectivity index (χ1v) is 11.9. The molecule has 6 rings (SSSR count). The number of fused-ring (bicyclic) bond motifs is 2. The normalized spacial score (nSPS) is 16.6. The molecule has 6 nitrogen and oxygen atoms in total. The van der Waals surface area contributed by atoms with Crippen LogP contribution in [-0.2, 0) is 6.42 Å². The maximum Gasteiger partial charge on any atom is 0.169 e. The van der Waals surface area contributed by atoms with Gasteiger partial charge in [0.25, 0.3) is 0 Å². The van der Waals surface area contributed by atoms with Crippen LogP contribution in [0.4, 0.5) is 0 Å². The van der Waals surface area contributed by atoms with Crippen molar-refractivity contribution in [3.05, 3.63) is 89.3 Å². The summed E-state index contributed by atoms with van der Waals surface area (Å²) in [6, 6.07) is 10.5. The quantitative estimate of drug-likeness (QED) is 0.426. The molecule has 4 aromatic rings. The van der Waals surface area contributed by atoms with E-state index in [1.807, 2.05) is 36.1 Å². The van der Waals surface area contributed by atoms with Crippen molar-refractivity contribution in [2.45, 2.75) is 26.2 Å². The van der Waals surface area contributed by atoms with E-state index in [-0.39, 0.29) is 11.7 Å². The summed E-state index contributed by atoms with van der Waals surface area (Å²) in [4.78, 5) is 24.8. The number of piperidine rings is 1. The van der Waals surface area contributed by atoms with E-state index < -0.39 is 0 Å². The Labute approximate surface area is 199 Å². The first-order chi connectivity index (χ1) is 16.6. The van der Waals surface area contributed by atoms with E-state index >= 15 is 0 Å². The minimum atomic E-state index is 0.0776. The average Bonchev–Trinajstić information content (AvgIpc) is 3.48. The van der Waals surface area contributed by atoms with Crippen LogP contribution in [0.1, 0.15) is 45.7 Å². The number of aromatic nitrogens is 4. The summed E-state index contributed by atoms with van der Waals surface area (Å²) < 4.78 is 1.82. The number of aryl methyl sites for hydroxylation is 1. The Morgan fingerprint density at radius 3 is 2.71 bits per heavy atom. The van der Waals surface area contributed by atoms with E-state index in [4.69, 9.17) is 4.98 Å². The third kappa shape index (κ3) is 3.55. The van der Waals surface area contributed by atoms with Crippen molar-refractivity contribution < 1.29 is 4.79 Å². The van der Waals surface area contributed by atoms with Gasteiger partial charge in [0.1, 0.15) is 0 Å². The van der Waals surface area contributed by atoms with Crippen LogP contribution < -0.4 is 0 Å². The average molecular weight is 450 g/mol. The summed E-state index contributed by atoms with van der Waals surface area (Å²) in [5.41, 5.74) is 9.24. The van der Waals surface area contributed by atoms with Crippen LogP contribution in [0.3, 0.4) is 0 Å². The van der Waals surface area contributed by atoms with E-state index in [1.54, 1.807) is 6.20 Å². The summed E-state index contributed by atoms with van der Waals surface area (Å²) in [5.74, 6) is 0.297. The van der Waals surface area contributed by atoms with E-state index in [0.29, 0.717) is 0 Å². The molecule has 0 bridgehead atoms. The van der Waals surface area contributed by atoms with Gasteiger partial charge in [0.15, 0.2) is 5.78 Å². The second-order valence-electron chi connectivity index (χ2n) is 9.42. The van der Waals surface area contributed by atoms with E-state index in [0.717, 1.165) is 82.6 Å². The Hall–Kier alpha value is -3.64. The topological polar surface area (TPSA) is 63.4 Å². The van der Waals surface area contributed by atoms with Crippen molar-refractivity contribution in [2.75, 3.05) is 20.1 Å².